The van der Waals surface area contributed by atoms with Crippen LogP contribution < -0.4 is 9.47 Å². The molecule has 5 atom stereocenters. The summed E-state index contributed by atoms with van der Waals surface area (Å²) < 4.78 is 99.4. The Morgan fingerprint density at radius 2 is 1.87 bits per heavy atom. The van der Waals surface area contributed by atoms with Gasteiger partial charge in [-0.3, -0.25) is 0 Å². The van der Waals surface area contributed by atoms with E-state index in [0.29, 0.717) is 12.1 Å². The molecule has 1 aromatic carbocycles. The molecule has 212 valence electrons. The molecular formula is C26H28F5N3O5. The summed E-state index contributed by atoms with van der Waals surface area (Å²) in [5.74, 6) is -5.88. The van der Waals surface area contributed by atoms with Crippen LogP contribution in [-0.2, 0) is 14.2 Å². The highest BCUT2D eigenvalue weighted by atomic mass is 19.4. The molecule has 0 aliphatic carbocycles. The molecular weight excluding hydrogens is 529 g/mol. The van der Waals surface area contributed by atoms with Gasteiger partial charge in [-0.05, 0) is 32.9 Å². The highest BCUT2D eigenvalue weighted by molar-refractivity contribution is 5.79. The standard InChI is InChI=1S/C26H28F5N3O5/c1-12-17(14-6-7-15(27)18(28)20(14)35-5)21(39-25(12,4)26(29,30)31)22-33-16-8-9-32-23(19(16)34-22)36-10-13-11-37-24(2,3)38-13/h6-9,12-13,17,21H,10-11H2,1-5H3,(H,33,34)/t12-,13?,17-,21+,25+/m0/s1. The second-order valence-corrected chi connectivity index (χ2v) is 10.3. The zero-order valence-electron chi connectivity index (χ0n) is 21.9. The van der Waals surface area contributed by atoms with E-state index in [0.717, 1.165) is 20.1 Å². The molecule has 2 saturated heterocycles. The molecule has 8 nitrogen and oxygen atoms in total. The fourth-order valence-electron chi connectivity index (χ4n) is 5.24. The molecule has 39 heavy (non-hydrogen) atoms. The normalized spacial score (nSPS) is 28.8. The average Bonchev–Trinajstić information content (AvgIpc) is 3.53. The number of alkyl halides is 3. The zero-order chi connectivity index (χ0) is 28.3. The number of fused-ring (bicyclic) bond motifs is 1. The van der Waals surface area contributed by atoms with Crippen LogP contribution >= 0.6 is 0 Å². The summed E-state index contributed by atoms with van der Waals surface area (Å²) in [6.07, 6.45) is -4.99. The van der Waals surface area contributed by atoms with Gasteiger partial charge in [0.25, 0.3) is 0 Å². The number of methoxy groups -OCH3 is 1. The van der Waals surface area contributed by atoms with Gasteiger partial charge in [0.15, 0.2) is 28.5 Å². The number of aromatic nitrogens is 3. The molecule has 2 aliphatic heterocycles. The number of ether oxygens (including phenoxy) is 5. The molecule has 2 fully saturated rings. The van der Waals surface area contributed by atoms with Crippen LogP contribution in [-0.4, -0.2) is 58.9 Å². The minimum atomic E-state index is -4.77. The minimum absolute atomic E-state index is 0.0259. The number of hydrogen-bond acceptors (Lipinski definition) is 7. The molecule has 1 N–H and O–H groups in total. The SMILES string of the molecule is COc1c([C@H]2[C@H](c3nc4c(OCC5COC(C)(C)O5)nccc4[nH]3)O[C@@](C)(C(F)(F)F)[C@H]2C)ccc(F)c1F. The number of benzene rings is 1. The van der Waals surface area contributed by atoms with Gasteiger partial charge in [-0.25, -0.2) is 14.4 Å². The fourth-order valence-corrected chi connectivity index (χ4v) is 5.24. The maximum absolute atomic E-state index is 14.6. The second kappa shape index (κ2) is 9.56. The van der Waals surface area contributed by atoms with Crippen molar-refractivity contribution in [1.29, 1.82) is 0 Å². The maximum Gasteiger partial charge on any atom is 0.417 e. The van der Waals surface area contributed by atoms with Gasteiger partial charge in [-0.2, -0.15) is 17.6 Å². The number of rotatable bonds is 6. The van der Waals surface area contributed by atoms with Crippen molar-refractivity contribution < 1.29 is 45.6 Å². The first kappa shape index (κ1) is 27.5. The summed E-state index contributed by atoms with van der Waals surface area (Å²) in [5.41, 5.74) is -1.90. The van der Waals surface area contributed by atoms with Crippen LogP contribution in [0.1, 0.15) is 51.1 Å². The molecule has 5 rings (SSSR count). The molecule has 0 radical (unpaired) electrons. The van der Waals surface area contributed by atoms with Crippen molar-refractivity contribution in [2.24, 2.45) is 5.92 Å². The maximum atomic E-state index is 14.6. The smallest absolute Gasteiger partial charge is 0.417 e. The average molecular weight is 558 g/mol. The van der Waals surface area contributed by atoms with Crippen molar-refractivity contribution in [3.05, 3.63) is 47.4 Å². The predicted molar refractivity (Wildman–Crippen MR) is 127 cm³/mol. The highest BCUT2D eigenvalue weighted by Crippen LogP contribution is 2.59. The Morgan fingerprint density at radius 3 is 2.51 bits per heavy atom. The summed E-state index contributed by atoms with van der Waals surface area (Å²) in [7, 11) is 1.12. The first-order chi connectivity index (χ1) is 18.3. The molecule has 0 bridgehead atoms. The van der Waals surface area contributed by atoms with E-state index in [4.69, 9.17) is 23.7 Å². The Bertz CT molecular complexity index is 1380. The van der Waals surface area contributed by atoms with Crippen LogP contribution in [0.2, 0.25) is 0 Å². The van der Waals surface area contributed by atoms with Gasteiger partial charge in [0, 0.05) is 23.6 Å². The summed E-state index contributed by atoms with van der Waals surface area (Å²) in [4.78, 5) is 11.7. The molecule has 4 heterocycles. The summed E-state index contributed by atoms with van der Waals surface area (Å²) >= 11 is 0. The largest absolute Gasteiger partial charge is 0.493 e. The first-order valence-electron chi connectivity index (χ1n) is 12.3. The Balaban J connectivity index is 1.54. The van der Waals surface area contributed by atoms with Crippen molar-refractivity contribution in [3.63, 3.8) is 0 Å². The first-order valence-corrected chi connectivity index (χ1v) is 12.3. The molecule has 0 amide bonds. The number of halogens is 5. The number of hydrogen-bond donors (Lipinski definition) is 1. The number of H-pyrrole nitrogens is 1. The van der Waals surface area contributed by atoms with E-state index in [-0.39, 0.29) is 35.5 Å². The fraction of sp³-hybridized carbons (Fsp3) is 0.538. The minimum Gasteiger partial charge on any atom is -0.493 e. The van der Waals surface area contributed by atoms with E-state index in [1.807, 2.05) is 0 Å². The molecule has 13 heteroatoms. The Morgan fingerprint density at radius 1 is 1.13 bits per heavy atom. The van der Waals surface area contributed by atoms with Gasteiger partial charge >= 0.3 is 6.18 Å². The monoisotopic (exact) mass is 557 g/mol. The van der Waals surface area contributed by atoms with Crippen LogP contribution in [0.3, 0.4) is 0 Å². The third-order valence-electron chi connectivity index (χ3n) is 7.44. The van der Waals surface area contributed by atoms with Gasteiger partial charge in [-0.1, -0.05) is 13.0 Å². The lowest BCUT2D eigenvalue weighted by Crippen LogP contribution is -2.46. The molecule has 3 aromatic rings. The van der Waals surface area contributed by atoms with Crippen LogP contribution in [0, 0.1) is 17.6 Å². The van der Waals surface area contributed by atoms with Crippen LogP contribution in [0.25, 0.3) is 11.0 Å². The summed E-state index contributed by atoms with van der Waals surface area (Å²) in [6, 6.07) is 3.65. The topological polar surface area (TPSA) is 87.7 Å². The van der Waals surface area contributed by atoms with E-state index < -0.39 is 52.9 Å². The Labute approximate surface area is 220 Å². The molecule has 1 unspecified atom stereocenters. The quantitative estimate of drug-likeness (QED) is 0.396. The van der Waals surface area contributed by atoms with Crippen molar-refractivity contribution in [1.82, 2.24) is 15.0 Å². The number of aromatic amines is 1. The van der Waals surface area contributed by atoms with Crippen molar-refractivity contribution >= 4 is 11.0 Å². The zero-order valence-corrected chi connectivity index (χ0v) is 21.9. The van der Waals surface area contributed by atoms with Gasteiger partial charge in [0.1, 0.15) is 24.6 Å². The van der Waals surface area contributed by atoms with E-state index >= 15 is 0 Å². The summed E-state index contributed by atoms with van der Waals surface area (Å²) in [5, 5.41) is 0. The molecule has 0 spiro atoms. The summed E-state index contributed by atoms with van der Waals surface area (Å²) in [6.45, 7) is 6.26. The van der Waals surface area contributed by atoms with Crippen molar-refractivity contribution in [3.8, 4) is 11.6 Å². The lowest BCUT2D eigenvalue weighted by Gasteiger charge is -2.32. The Kier molecular flexibility index (Phi) is 6.75. The number of nitrogens with zero attached hydrogens (tertiary/aromatic N) is 2. The van der Waals surface area contributed by atoms with Gasteiger partial charge in [-0.15, -0.1) is 0 Å². The predicted octanol–water partition coefficient (Wildman–Crippen LogP) is 5.59. The van der Waals surface area contributed by atoms with Crippen molar-refractivity contribution in [2.75, 3.05) is 20.3 Å². The lowest BCUT2D eigenvalue weighted by atomic mass is 9.77. The van der Waals surface area contributed by atoms with Crippen LogP contribution in [0.5, 0.6) is 11.6 Å². The van der Waals surface area contributed by atoms with E-state index in [2.05, 4.69) is 15.0 Å². The molecule has 2 aromatic heterocycles. The van der Waals surface area contributed by atoms with Gasteiger partial charge in [0.05, 0.1) is 19.2 Å². The lowest BCUT2D eigenvalue weighted by molar-refractivity contribution is -0.275. The van der Waals surface area contributed by atoms with E-state index in [1.165, 1.54) is 19.2 Å². The number of imidazole rings is 1. The van der Waals surface area contributed by atoms with Gasteiger partial charge < -0.3 is 28.7 Å². The molecule has 2 aliphatic rings. The highest BCUT2D eigenvalue weighted by Gasteiger charge is 2.65. The van der Waals surface area contributed by atoms with Crippen molar-refractivity contribution in [2.45, 2.75) is 63.4 Å². The third kappa shape index (κ3) is 4.70. The Hall–Kier alpha value is -3.03. The van der Waals surface area contributed by atoms with E-state index in [1.54, 1.807) is 19.9 Å². The van der Waals surface area contributed by atoms with Crippen LogP contribution in [0.4, 0.5) is 22.0 Å². The van der Waals surface area contributed by atoms with Crippen LogP contribution in [0.15, 0.2) is 24.4 Å². The number of nitrogens with one attached hydrogen (secondary N) is 1. The second-order valence-electron chi connectivity index (χ2n) is 10.3. The van der Waals surface area contributed by atoms with E-state index in [9.17, 15) is 22.0 Å². The third-order valence-corrected chi connectivity index (χ3v) is 7.44. The molecule has 0 saturated carbocycles. The van der Waals surface area contributed by atoms with Gasteiger partial charge in [0.2, 0.25) is 11.7 Å². The number of pyridine rings is 1.